The average Bonchev–Trinajstić information content (AvgIpc) is 3.43. The van der Waals surface area contributed by atoms with Gasteiger partial charge in [-0.25, -0.2) is 0 Å². The fourth-order valence-electron chi connectivity index (χ4n) is 4.77. The molecular weight excluding hydrogens is 513 g/mol. The molecule has 0 spiro atoms. The number of aryl methyl sites for hydroxylation is 2. The van der Waals surface area contributed by atoms with Crippen LogP contribution in [-0.2, 0) is 7.05 Å². The number of hydrogen-bond donors (Lipinski definition) is 1. The van der Waals surface area contributed by atoms with E-state index in [4.69, 9.17) is 0 Å². The molecule has 32 heavy (non-hydrogen) atoms. The lowest BCUT2D eigenvalue weighted by atomic mass is 10.0. The first-order valence-corrected chi connectivity index (χ1v) is 11.6. The van der Waals surface area contributed by atoms with Gasteiger partial charge in [0.2, 0.25) is 0 Å². The molecule has 1 aromatic heterocycles. The molecule has 1 aromatic carbocycles. The first kappa shape index (κ1) is 24.8. The van der Waals surface area contributed by atoms with Crippen molar-refractivity contribution in [3.05, 3.63) is 47.8 Å². The summed E-state index contributed by atoms with van der Waals surface area (Å²) >= 11 is 0. The van der Waals surface area contributed by atoms with E-state index in [1.807, 2.05) is 25.0 Å². The highest BCUT2D eigenvalue weighted by molar-refractivity contribution is 14.0. The maximum Gasteiger partial charge on any atom is 0.193 e. The molecule has 0 bridgehead atoms. The van der Waals surface area contributed by atoms with Gasteiger partial charge >= 0.3 is 0 Å². The molecule has 0 saturated carbocycles. The van der Waals surface area contributed by atoms with Crippen molar-refractivity contribution in [2.75, 3.05) is 64.3 Å². The number of guanidine groups is 1. The molecule has 7 nitrogen and oxygen atoms in total. The van der Waals surface area contributed by atoms with Gasteiger partial charge in [-0.3, -0.25) is 14.6 Å². The molecular formula is C24H38IN7. The minimum absolute atomic E-state index is 0. The van der Waals surface area contributed by atoms with Gasteiger partial charge in [-0.05, 0) is 49.6 Å². The summed E-state index contributed by atoms with van der Waals surface area (Å²) < 4.78 is 1.89. The second-order valence-corrected chi connectivity index (χ2v) is 8.87. The van der Waals surface area contributed by atoms with Crippen molar-refractivity contribution < 1.29 is 0 Å². The van der Waals surface area contributed by atoms with Crippen LogP contribution in [0.4, 0.5) is 5.69 Å². The lowest BCUT2D eigenvalue weighted by molar-refractivity contribution is 0.255. The molecule has 8 heteroatoms. The number of nitrogens with zero attached hydrogens (tertiary/aromatic N) is 6. The summed E-state index contributed by atoms with van der Waals surface area (Å²) in [5.74, 6) is 1.59. The quantitative estimate of drug-likeness (QED) is 0.259. The zero-order valence-electron chi connectivity index (χ0n) is 19.7. The van der Waals surface area contributed by atoms with Crippen molar-refractivity contribution in [1.29, 1.82) is 0 Å². The number of aromatic nitrogens is 2. The summed E-state index contributed by atoms with van der Waals surface area (Å²) in [6.07, 6.45) is 6.45. The molecule has 2 aliphatic rings. The van der Waals surface area contributed by atoms with Gasteiger partial charge in [0.05, 0.1) is 6.20 Å². The topological polar surface area (TPSA) is 51.9 Å². The Hall–Kier alpha value is -1.81. The van der Waals surface area contributed by atoms with E-state index in [1.165, 1.54) is 16.8 Å². The summed E-state index contributed by atoms with van der Waals surface area (Å²) in [5, 5.41) is 7.91. The molecule has 1 atom stereocenters. The number of hydrogen-bond acceptors (Lipinski definition) is 4. The van der Waals surface area contributed by atoms with Gasteiger partial charge in [0.25, 0.3) is 0 Å². The van der Waals surface area contributed by atoms with Crippen LogP contribution in [0.3, 0.4) is 0 Å². The molecule has 4 rings (SSSR count). The van der Waals surface area contributed by atoms with Crippen molar-refractivity contribution in [3.8, 4) is 0 Å². The third-order valence-electron chi connectivity index (χ3n) is 6.57. The lowest BCUT2D eigenvalue weighted by Crippen LogP contribution is -2.47. The van der Waals surface area contributed by atoms with E-state index in [2.05, 4.69) is 67.5 Å². The molecule has 0 amide bonds. The second kappa shape index (κ2) is 11.9. The van der Waals surface area contributed by atoms with E-state index in [0.29, 0.717) is 5.92 Å². The van der Waals surface area contributed by atoms with Gasteiger partial charge in [0, 0.05) is 77.7 Å². The Morgan fingerprint density at radius 3 is 2.69 bits per heavy atom. The fraction of sp³-hybridized carbons (Fsp3) is 0.583. The van der Waals surface area contributed by atoms with Gasteiger partial charge < -0.3 is 15.1 Å². The number of nitrogens with one attached hydrogen (secondary N) is 1. The highest BCUT2D eigenvalue weighted by Crippen LogP contribution is 2.26. The minimum Gasteiger partial charge on any atom is -0.369 e. The number of likely N-dealkylation sites (tertiary alicyclic amines) is 1. The predicted molar refractivity (Wildman–Crippen MR) is 143 cm³/mol. The van der Waals surface area contributed by atoms with Crippen LogP contribution < -0.4 is 10.2 Å². The zero-order chi connectivity index (χ0) is 21.6. The highest BCUT2D eigenvalue weighted by Gasteiger charge is 2.26. The van der Waals surface area contributed by atoms with E-state index < -0.39 is 0 Å². The van der Waals surface area contributed by atoms with Crippen molar-refractivity contribution in [3.63, 3.8) is 0 Å². The number of aliphatic imine (C=N–C) groups is 1. The molecule has 3 heterocycles. The molecule has 0 radical (unpaired) electrons. The van der Waals surface area contributed by atoms with Crippen LogP contribution in [0.25, 0.3) is 0 Å². The van der Waals surface area contributed by atoms with Gasteiger partial charge in [0.1, 0.15) is 0 Å². The van der Waals surface area contributed by atoms with Crippen LogP contribution >= 0.6 is 24.0 Å². The van der Waals surface area contributed by atoms with Crippen LogP contribution in [0.15, 0.2) is 41.7 Å². The number of halogens is 1. The average molecular weight is 552 g/mol. The first-order chi connectivity index (χ1) is 15.1. The van der Waals surface area contributed by atoms with E-state index in [-0.39, 0.29) is 24.0 Å². The van der Waals surface area contributed by atoms with E-state index in [0.717, 1.165) is 71.2 Å². The number of anilines is 1. The highest BCUT2D eigenvalue weighted by atomic mass is 127. The summed E-state index contributed by atoms with van der Waals surface area (Å²) in [6.45, 7) is 10.9. The normalized spacial score (nSPS) is 19.8. The molecule has 2 saturated heterocycles. The maximum atomic E-state index is 4.53. The minimum atomic E-state index is 0. The summed E-state index contributed by atoms with van der Waals surface area (Å²) in [5.41, 5.74) is 4.04. The predicted octanol–water partition coefficient (Wildman–Crippen LogP) is 2.92. The summed E-state index contributed by atoms with van der Waals surface area (Å²) in [7, 11) is 3.88. The van der Waals surface area contributed by atoms with Crippen LogP contribution in [0, 0.1) is 6.92 Å². The van der Waals surface area contributed by atoms with E-state index in [1.54, 1.807) is 0 Å². The van der Waals surface area contributed by atoms with Crippen molar-refractivity contribution in [2.24, 2.45) is 12.0 Å². The molecule has 176 valence electrons. The Morgan fingerprint density at radius 1 is 1.19 bits per heavy atom. The Balaban J connectivity index is 0.00000289. The second-order valence-electron chi connectivity index (χ2n) is 8.87. The maximum absolute atomic E-state index is 4.53. The molecule has 1 unspecified atom stereocenters. The molecule has 2 fully saturated rings. The number of piperazine rings is 1. The van der Waals surface area contributed by atoms with Crippen molar-refractivity contribution >= 4 is 35.6 Å². The van der Waals surface area contributed by atoms with Crippen molar-refractivity contribution in [2.45, 2.75) is 25.7 Å². The SMILES string of the molecule is CN=C(NCCCN1CCN(c2cccc(C)c2)CC1)N1CCC(c2cnn(C)c2)C1.I. The molecule has 2 aromatic rings. The van der Waals surface area contributed by atoms with Crippen LogP contribution in [-0.4, -0.2) is 84.9 Å². The smallest absolute Gasteiger partial charge is 0.193 e. The number of rotatable bonds is 6. The monoisotopic (exact) mass is 551 g/mol. The summed E-state index contributed by atoms with van der Waals surface area (Å²) in [6, 6.07) is 8.86. The first-order valence-electron chi connectivity index (χ1n) is 11.6. The van der Waals surface area contributed by atoms with Gasteiger partial charge in [0.15, 0.2) is 5.96 Å². The van der Waals surface area contributed by atoms with Gasteiger partial charge in [-0.2, -0.15) is 5.10 Å². The Kier molecular flexibility index (Phi) is 9.22. The van der Waals surface area contributed by atoms with Crippen LogP contribution in [0.2, 0.25) is 0 Å². The standard InChI is InChI=1S/C24H37N7.HI/c1-20-6-4-7-23(16-20)30-14-12-29(13-15-30)10-5-9-26-24(25-2)31-11-8-21(19-31)22-17-27-28(3)18-22;/h4,6-7,16-18,21H,5,8-15,19H2,1-3H3,(H,25,26);1H. The zero-order valence-corrected chi connectivity index (χ0v) is 22.0. The molecule has 0 aliphatic carbocycles. The Bertz CT molecular complexity index is 873. The largest absolute Gasteiger partial charge is 0.369 e. The van der Waals surface area contributed by atoms with Crippen LogP contribution in [0.5, 0.6) is 0 Å². The number of benzene rings is 1. The fourth-order valence-corrected chi connectivity index (χ4v) is 4.77. The van der Waals surface area contributed by atoms with Crippen molar-refractivity contribution in [1.82, 2.24) is 24.9 Å². The van der Waals surface area contributed by atoms with E-state index in [9.17, 15) is 0 Å². The Labute approximate surface area is 209 Å². The van der Waals surface area contributed by atoms with Gasteiger partial charge in [-0.15, -0.1) is 24.0 Å². The lowest BCUT2D eigenvalue weighted by Gasteiger charge is -2.36. The summed E-state index contributed by atoms with van der Waals surface area (Å²) in [4.78, 5) is 12.0. The van der Waals surface area contributed by atoms with E-state index >= 15 is 0 Å². The van der Waals surface area contributed by atoms with Crippen LogP contribution in [0.1, 0.15) is 29.9 Å². The molecule has 2 aliphatic heterocycles. The van der Waals surface area contributed by atoms with Gasteiger partial charge in [-0.1, -0.05) is 12.1 Å². The molecule has 1 N–H and O–H groups in total. The third kappa shape index (κ3) is 6.37. The third-order valence-corrected chi connectivity index (χ3v) is 6.57. The Morgan fingerprint density at radius 2 is 2.00 bits per heavy atom.